The number of benzene rings is 1. The van der Waals surface area contributed by atoms with Gasteiger partial charge in [0, 0.05) is 30.0 Å². The van der Waals surface area contributed by atoms with Crippen LogP contribution in [0, 0.1) is 17.8 Å². The summed E-state index contributed by atoms with van der Waals surface area (Å²) in [5, 5.41) is 3.79. The molecule has 1 saturated heterocycles. The highest BCUT2D eigenvalue weighted by Gasteiger charge is 2.51. The van der Waals surface area contributed by atoms with Gasteiger partial charge in [-0.1, -0.05) is 37.8 Å². The lowest BCUT2D eigenvalue weighted by molar-refractivity contribution is -0.147. The third-order valence-corrected chi connectivity index (χ3v) is 7.04. The lowest BCUT2D eigenvalue weighted by Crippen LogP contribution is -2.48. The number of hydrogen-bond donors (Lipinski definition) is 1. The minimum Gasteiger partial charge on any atom is -0.329 e. The zero-order valence-electron chi connectivity index (χ0n) is 18.5. The largest absolute Gasteiger partial charge is 0.329 e. The van der Waals surface area contributed by atoms with Crippen LogP contribution in [0.25, 0.3) is 0 Å². The first-order valence-electron chi connectivity index (χ1n) is 10.9. The molecule has 2 aromatic rings. The second-order valence-electron chi connectivity index (χ2n) is 8.78. The maximum atomic E-state index is 13.2. The number of likely N-dealkylation sites (tertiary alicyclic amines) is 1. The molecule has 1 aliphatic carbocycles. The third kappa shape index (κ3) is 4.50. The molecule has 3 unspecified atom stereocenters. The van der Waals surface area contributed by atoms with Crippen molar-refractivity contribution in [3.63, 3.8) is 0 Å². The molecule has 1 N–H and O–H groups in total. The number of anilines is 1. The van der Waals surface area contributed by atoms with Gasteiger partial charge in [-0.3, -0.25) is 19.3 Å². The molecule has 3 atom stereocenters. The Bertz CT molecular complexity index is 1020. The fourth-order valence-corrected chi connectivity index (χ4v) is 5.10. The number of hydrogen-bond acceptors (Lipinski definition) is 5. The van der Waals surface area contributed by atoms with E-state index in [1.165, 1.54) is 16.7 Å². The number of nitrogens with one attached hydrogen (secondary N) is 1. The van der Waals surface area contributed by atoms with Gasteiger partial charge in [-0.05, 0) is 49.4 Å². The molecule has 1 fully saturated rings. The fraction of sp³-hybridized carbons (Fsp3) is 0.417. The van der Waals surface area contributed by atoms with Crippen molar-refractivity contribution in [3.05, 3.63) is 48.8 Å². The summed E-state index contributed by atoms with van der Waals surface area (Å²) in [4.78, 5) is 45.8. The van der Waals surface area contributed by atoms with Gasteiger partial charge in [-0.2, -0.15) is 0 Å². The molecule has 0 saturated carbocycles. The Balaban J connectivity index is 1.48. The van der Waals surface area contributed by atoms with Crippen molar-refractivity contribution in [1.82, 2.24) is 14.5 Å². The van der Waals surface area contributed by atoms with E-state index in [9.17, 15) is 14.4 Å². The van der Waals surface area contributed by atoms with E-state index in [2.05, 4.69) is 10.3 Å². The number of rotatable bonds is 7. The molecule has 0 bridgehead atoms. The maximum Gasteiger partial charge on any atom is 0.247 e. The minimum atomic E-state index is -0.804. The number of nitrogens with zero attached hydrogens (tertiary/aromatic N) is 3. The second-order valence-corrected chi connectivity index (χ2v) is 9.82. The van der Waals surface area contributed by atoms with E-state index in [1.807, 2.05) is 68.1 Å². The van der Waals surface area contributed by atoms with E-state index in [4.69, 9.17) is 0 Å². The molecule has 7 nitrogen and oxygen atoms in total. The highest BCUT2D eigenvalue weighted by Crippen LogP contribution is 2.37. The zero-order chi connectivity index (χ0) is 22.8. The molecule has 1 aromatic carbocycles. The summed E-state index contributed by atoms with van der Waals surface area (Å²) in [5.74, 6) is -1.27. The van der Waals surface area contributed by atoms with Crippen molar-refractivity contribution in [2.75, 3.05) is 5.32 Å². The van der Waals surface area contributed by atoms with Gasteiger partial charge >= 0.3 is 0 Å². The zero-order valence-corrected chi connectivity index (χ0v) is 19.3. The lowest BCUT2D eigenvalue weighted by atomic mass is 9.85. The van der Waals surface area contributed by atoms with E-state index in [1.54, 1.807) is 6.20 Å². The molecule has 2 aliphatic rings. The normalized spacial score (nSPS) is 21.2. The van der Waals surface area contributed by atoms with Gasteiger partial charge in [0.2, 0.25) is 17.7 Å². The summed E-state index contributed by atoms with van der Waals surface area (Å²) in [6.45, 7) is 3.98. The van der Waals surface area contributed by atoms with Crippen LogP contribution in [0.1, 0.15) is 33.1 Å². The average Bonchev–Trinajstić information content (AvgIpc) is 3.28. The third-order valence-electron chi connectivity index (χ3n) is 5.96. The van der Waals surface area contributed by atoms with Gasteiger partial charge in [-0.25, -0.2) is 4.98 Å². The van der Waals surface area contributed by atoms with Gasteiger partial charge in [0.15, 0.2) is 5.16 Å². The average molecular weight is 453 g/mol. The molecule has 8 heteroatoms. The number of allylic oxidation sites excluding steroid dienone is 2. The van der Waals surface area contributed by atoms with Crippen LogP contribution in [-0.4, -0.2) is 38.2 Å². The first-order valence-corrected chi connectivity index (χ1v) is 11.7. The number of aromatic nitrogens is 2. The maximum absolute atomic E-state index is 13.2. The Hall–Kier alpha value is -2.87. The fourth-order valence-electron chi connectivity index (χ4n) is 4.30. The van der Waals surface area contributed by atoms with Crippen LogP contribution in [0.3, 0.4) is 0 Å². The molecule has 4 rings (SSSR count). The number of amides is 3. The SMILES string of the molecule is CC(C)CC(C(=O)Nc1ccc(Sc2nccn2C)cc1)N1C(=O)C2CC=CCC2C1=O. The number of aryl methyl sites for hydroxylation is 1. The highest BCUT2D eigenvalue weighted by atomic mass is 32.2. The van der Waals surface area contributed by atoms with Gasteiger partial charge in [0.05, 0.1) is 11.8 Å². The summed E-state index contributed by atoms with van der Waals surface area (Å²) in [6, 6.07) is 6.68. The van der Waals surface area contributed by atoms with E-state index < -0.39 is 6.04 Å². The van der Waals surface area contributed by atoms with Crippen LogP contribution in [0.4, 0.5) is 5.69 Å². The predicted octanol–water partition coefficient (Wildman–Crippen LogP) is 3.88. The predicted molar refractivity (Wildman–Crippen MR) is 123 cm³/mol. The van der Waals surface area contributed by atoms with Gasteiger partial charge in [-0.15, -0.1) is 0 Å². The van der Waals surface area contributed by atoms with E-state index in [0.29, 0.717) is 24.9 Å². The molecule has 0 spiro atoms. The Morgan fingerprint density at radius 3 is 2.28 bits per heavy atom. The number of imide groups is 1. The van der Waals surface area contributed by atoms with E-state index in [0.717, 1.165) is 10.1 Å². The number of carbonyl (C=O) groups excluding carboxylic acids is 3. The van der Waals surface area contributed by atoms with Crippen molar-refractivity contribution in [2.45, 2.75) is 49.2 Å². The second kappa shape index (κ2) is 9.32. The first-order chi connectivity index (χ1) is 15.3. The summed E-state index contributed by atoms with van der Waals surface area (Å²) in [5.41, 5.74) is 0.631. The van der Waals surface area contributed by atoms with Crippen LogP contribution in [0.15, 0.2) is 58.9 Å². The summed E-state index contributed by atoms with van der Waals surface area (Å²) in [7, 11) is 1.94. The van der Waals surface area contributed by atoms with Crippen LogP contribution >= 0.6 is 11.8 Å². The van der Waals surface area contributed by atoms with Gasteiger partial charge in [0.25, 0.3) is 0 Å². The molecule has 168 valence electrons. The summed E-state index contributed by atoms with van der Waals surface area (Å²) >= 11 is 1.53. The van der Waals surface area contributed by atoms with Crippen molar-refractivity contribution in [2.24, 2.45) is 24.8 Å². The molecule has 0 radical (unpaired) electrons. The van der Waals surface area contributed by atoms with Crippen molar-refractivity contribution in [1.29, 1.82) is 0 Å². The molecule has 1 aromatic heterocycles. The number of fused-ring (bicyclic) bond motifs is 1. The van der Waals surface area contributed by atoms with Crippen molar-refractivity contribution < 1.29 is 14.4 Å². The first kappa shape index (κ1) is 22.3. The van der Waals surface area contributed by atoms with Gasteiger partial charge < -0.3 is 9.88 Å². The summed E-state index contributed by atoms with van der Waals surface area (Å²) in [6.07, 6.45) is 9.12. The molecule has 3 amide bonds. The highest BCUT2D eigenvalue weighted by molar-refractivity contribution is 7.99. The standard InChI is InChI=1S/C24H28N4O3S/c1-15(2)14-20(28-22(30)18-6-4-5-7-19(18)23(28)31)21(29)26-16-8-10-17(11-9-16)32-24-25-12-13-27(24)3/h4-5,8-13,15,18-20H,6-7,14H2,1-3H3,(H,26,29). The number of carbonyl (C=O) groups is 3. The molecular weight excluding hydrogens is 424 g/mol. The van der Waals surface area contributed by atoms with Gasteiger partial charge in [0.1, 0.15) is 6.04 Å². The quantitative estimate of drug-likeness (QED) is 0.509. The molecule has 2 heterocycles. The monoisotopic (exact) mass is 452 g/mol. The number of imidazole rings is 1. The molecular formula is C24H28N4O3S. The smallest absolute Gasteiger partial charge is 0.247 e. The Labute approximate surface area is 192 Å². The molecule has 1 aliphatic heterocycles. The topological polar surface area (TPSA) is 84.3 Å². The van der Waals surface area contributed by atoms with Crippen LogP contribution in [0.2, 0.25) is 0 Å². The van der Waals surface area contributed by atoms with Crippen LogP contribution in [-0.2, 0) is 21.4 Å². The summed E-state index contributed by atoms with van der Waals surface area (Å²) < 4.78 is 1.94. The van der Waals surface area contributed by atoms with E-state index in [-0.39, 0.29) is 35.5 Å². The minimum absolute atomic E-state index is 0.156. The Kier molecular flexibility index (Phi) is 6.50. The lowest BCUT2D eigenvalue weighted by Gasteiger charge is -2.27. The Morgan fingerprint density at radius 1 is 1.12 bits per heavy atom. The van der Waals surface area contributed by atoms with Crippen LogP contribution < -0.4 is 5.32 Å². The van der Waals surface area contributed by atoms with E-state index >= 15 is 0 Å². The molecule has 32 heavy (non-hydrogen) atoms. The Morgan fingerprint density at radius 2 is 1.75 bits per heavy atom. The van der Waals surface area contributed by atoms with Crippen molar-refractivity contribution >= 4 is 35.2 Å². The van der Waals surface area contributed by atoms with Crippen LogP contribution in [0.5, 0.6) is 0 Å². The van der Waals surface area contributed by atoms with Crippen molar-refractivity contribution in [3.8, 4) is 0 Å².